The molecule has 0 spiro atoms. The second kappa shape index (κ2) is 8.44. The third-order valence-electron chi connectivity index (χ3n) is 5.33. The largest absolute Gasteiger partial charge is 0.452 e. The van der Waals surface area contributed by atoms with Crippen LogP contribution in [-0.4, -0.2) is 64.5 Å². The first-order chi connectivity index (χ1) is 14.5. The molecule has 3 aromatic rings. The van der Waals surface area contributed by atoms with Gasteiger partial charge in [-0.15, -0.1) is 0 Å². The van der Waals surface area contributed by atoms with Gasteiger partial charge in [0.05, 0.1) is 16.8 Å². The van der Waals surface area contributed by atoms with Crippen molar-refractivity contribution >= 4 is 28.7 Å². The number of hydrogen-bond acceptors (Lipinski definition) is 7. The fourth-order valence-electron chi connectivity index (χ4n) is 3.73. The summed E-state index contributed by atoms with van der Waals surface area (Å²) in [5, 5.41) is 0.903. The molecule has 1 aromatic carbocycles. The maximum Gasteiger partial charge on any atom is 0.340 e. The van der Waals surface area contributed by atoms with E-state index in [0.29, 0.717) is 43.4 Å². The molecular formula is C22H23N5O3. The Hall–Kier alpha value is -3.55. The Morgan fingerprint density at radius 2 is 1.70 bits per heavy atom. The Bertz CT molecular complexity index is 1080. The number of benzene rings is 1. The highest BCUT2D eigenvalue weighted by Gasteiger charge is 2.24. The molecule has 0 N–H and O–H groups in total. The minimum absolute atomic E-state index is 0.207. The predicted molar refractivity (Wildman–Crippen MR) is 112 cm³/mol. The summed E-state index contributed by atoms with van der Waals surface area (Å²) in [5.74, 6) is -0.0697. The standard InChI is InChI=1S/C22H23N5O3/c1-15-17-6-3-4-7-18(17)25-16(2)20(15)21(29)30-14-19(28)26-10-12-27(13-11-26)22-23-8-5-9-24-22/h3-9H,10-14H2,1-2H3. The number of pyridine rings is 1. The number of carbonyl (C=O) groups is 2. The van der Waals surface area contributed by atoms with Crippen LogP contribution in [0.1, 0.15) is 21.6 Å². The summed E-state index contributed by atoms with van der Waals surface area (Å²) in [6.07, 6.45) is 3.40. The lowest BCUT2D eigenvalue weighted by atomic mass is 10.0. The van der Waals surface area contributed by atoms with Crippen molar-refractivity contribution in [2.45, 2.75) is 13.8 Å². The van der Waals surface area contributed by atoms with E-state index >= 15 is 0 Å². The molecule has 1 saturated heterocycles. The fourth-order valence-corrected chi connectivity index (χ4v) is 3.73. The van der Waals surface area contributed by atoms with Crippen LogP contribution >= 0.6 is 0 Å². The number of amides is 1. The molecule has 1 aliphatic heterocycles. The van der Waals surface area contributed by atoms with E-state index in [1.807, 2.05) is 36.1 Å². The van der Waals surface area contributed by atoms with Gasteiger partial charge in [0.25, 0.3) is 5.91 Å². The highest BCUT2D eigenvalue weighted by atomic mass is 16.5. The number of esters is 1. The van der Waals surface area contributed by atoms with Crippen LogP contribution in [0.4, 0.5) is 5.95 Å². The number of rotatable bonds is 4. The van der Waals surface area contributed by atoms with E-state index in [1.54, 1.807) is 30.3 Å². The minimum atomic E-state index is -0.520. The van der Waals surface area contributed by atoms with Crippen LogP contribution in [0.5, 0.6) is 0 Å². The number of hydrogen-bond donors (Lipinski definition) is 0. The van der Waals surface area contributed by atoms with Gasteiger partial charge >= 0.3 is 5.97 Å². The third kappa shape index (κ3) is 3.94. The molecule has 154 valence electrons. The van der Waals surface area contributed by atoms with Gasteiger partial charge in [-0.25, -0.2) is 14.8 Å². The molecule has 1 amide bonds. The molecule has 3 heterocycles. The van der Waals surface area contributed by atoms with Crippen LogP contribution in [-0.2, 0) is 9.53 Å². The maximum absolute atomic E-state index is 12.7. The number of nitrogens with zero attached hydrogens (tertiary/aromatic N) is 5. The highest BCUT2D eigenvalue weighted by molar-refractivity contribution is 5.99. The zero-order valence-corrected chi connectivity index (χ0v) is 17.0. The van der Waals surface area contributed by atoms with Gasteiger partial charge < -0.3 is 14.5 Å². The number of ether oxygens (including phenoxy) is 1. The van der Waals surface area contributed by atoms with Gasteiger partial charge in [0.15, 0.2) is 6.61 Å². The van der Waals surface area contributed by atoms with Crippen LogP contribution in [0.15, 0.2) is 42.7 Å². The number of aromatic nitrogens is 3. The summed E-state index contributed by atoms with van der Waals surface area (Å²) >= 11 is 0. The average Bonchev–Trinajstić information content (AvgIpc) is 2.78. The summed E-state index contributed by atoms with van der Waals surface area (Å²) in [5.41, 5.74) is 2.67. The number of aryl methyl sites for hydroxylation is 2. The highest BCUT2D eigenvalue weighted by Crippen LogP contribution is 2.23. The van der Waals surface area contributed by atoms with Crippen LogP contribution in [0.3, 0.4) is 0 Å². The van der Waals surface area contributed by atoms with Gasteiger partial charge in [-0.3, -0.25) is 9.78 Å². The molecule has 0 atom stereocenters. The Morgan fingerprint density at radius 3 is 2.43 bits per heavy atom. The van der Waals surface area contributed by atoms with Crippen molar-refractivity contribution in [1.29, 1.82) is 0 Å². The van der Waals surface area contributed by atoms with Gasteiger partial charge in [0, 0.05) is 44.0 Å². The monoisotopic (exact) mass is 405 g/mol. The van der Waals surface area contributed by atoms with E-state index < -0.39 is 5.97 Å². The van der Waals surface area contributed by atoms with E-state index in [-0.39, 0.29) is 12.5 Å². The first-order valence-corrected chi connectivity index (χ1v) is 9.87. The fraction of sp³-hybridized carbons (Fsp3) is 0.318. The Labute approximate surface area is 174 Å². The SMILES string of the molecule is Cc1nc2ccccc2c(C)c1C(=O)OCC(=O)N1CCN(c2ncccn2)CC1. The second-order valence-electron chi connectivity index (χ2n) is 7.21. The molecule has 0 saturated carbocycles. The van der Waals surface area contributed by atoms with Gasteiger partial charge in [-0.2, -0.15) is 0 Å². The van der Waals surface area contributed by atoms with Crippen molar-refractivity contribution < 1.29 is 14.3 Å². The van der Waals surface area contributed by atoms with Gasteiger partial charge in [0.1, 0.15) is 0 Å². The van der Waals surface area contributed by atoms with E-state index in [4.69, 9.17) is 4.74 Å². The molecule has 0 unspecified atom stereocenters. The Balaban J connectivity index is 1.37. The molecule has 0 bridgehead atoms. The van der Waals surface area contributed by atoms with Crippen LogP contribution < -0.4 is 4.90 Å². The first-order valence-electron chi connectivity index (χ1n) is 9.87. The summed E-state index contributed by atoms with van der Waals surface area (Å²) in [6.45, 7) is 5.71. The molecule has 0 aliphatic carbocycles. The minimum Gasteiger partial charge on any atom is -0.452 e. The molecule has 8 nitrogen and oxygen atoms in total. The smallest absolute Gasteiger partial charge is 0.340 e. The average molecular weight is 405 g/mol. The Morgan fingerprint density at radius 1 is 1.00 bits per heavy atom. The van der Waals surface area contributed by atoms with Crippen molar-refractivity contribution in [3.8, 4) is 0 Å². The lowest BCUT2D eigenvalue weighted by Crippen LogP contribution is -2.50. The van der Waals surface area contributed by atoms with Crippen molar-refractivity contribution in [2.75, 3.05) is 37.7 Å². The summed E-state index contributed by atoms with van der Waals surface area (Å²) in [7, 11) is 0. The van der Waals surface area contributed by atoms with Crippen LogP contribution in [0.2, 0.25) is 0 Å². The molecule has 1 fully saturated rings. The van der Waals surface area contributed by atoms with Gasteiger partial charge in [-0.05, 0) is 31.5 Å². The van der Waals surface area contributed by atoms with Gasteiger partial charge in [-0.1, -0.05) is 18.2 Å². The summed E-state index contributed by atoms with van der Waals surface area (Å²) in [6, 6.07) is 9.43. The summed E-state index contributed by atoms with van der Waals surface area (Å²) < 4.78 is 5.36. The number of fused-ring (bicyclic) bond motifs is 1. The van der Waals surface area contributed by atoms with Crippen molar-refractivity contribution in [3.05, 3.63) is 59.5 Å². The normalized spacial score (nSPS) is 14.1. The molecule has 8 heteroatoms. The lowest BCUT2D eigenvalue weighted by molar-refractivity contribution is -0.134. The zero-order valence-electron chi connectivity index (χ0n) is 17.0. The first kappa shape index (κ1) is 19.8. The third-order valence-corrected chi connectivity index (χ3v) is 5.33. The van der Waals surface area contributed by atoms with Gasteiger partial charge in [0.2, 0.25) is 5.95 Å². The molecule has 1 aliphatic rings. The molecule has 2 aromatic heterocycles. The molecular weight excluding hydrogens is 382 g/mol. The van der Waals surface area contributed by atoms with Crippen LogP contribution in [0.25, 0.3) is 10.9 Å². The number of para-hydroxylation sites is 1. The number of piperazine rings is 1. The van der Waals surface area contributed by atoms with E-state index in [9.17, 15) is 9.59 Å². The molecule has 0 radical (unpaired) electrons. The predicted octanol–water partition coefficient (Wildman–Crippen LogP) is 2.15. The number of anilines is 1. The molecule has 4 rings (SSSR count). The topological polar surface area (TPSA) is 88.5 Å². The number of carbonyl (C=O) groups excluding carboxylic acids is 2. The Kier molecular flexibility index (Phi) is 5.56. The van der Waals surface area contributed by atoms with Crippen LogP contribution in [0, 0.1) is 13.8 Å². The lowest BCUT2D eigenvalue weighted by Gasteiger charge is -2.34. The summed E-state index contributed by atoms with van der Waals surface area (Å²) in [4.78, 5) is 41.9. The molecule has 30 heavy (non-hydrogen) atoms. The van der Waals surface area contributed by atoms with E-state index in [0.717, 1.165) is 16.5 Å². The van der Waals surface area contributed by atoms with E-state index in [1.165, 1.54) is 0 Å². The van der Waals surface area contributed by atoms with Crippen molar-refractivity contribution in [1.82, 2.24) is 19.9 Å². The quantitative estimate of drug-likeness (QED) is 0.615. The van der Waals surface area contributed by atoms with E-state index in [2.05, 4.69) is 15.0 Å². The van der Waals surface area contributed by atoms with Crippen molar-refractivity contribution in [3.63, 3.8) is 0 Å². The maximum atomic E-state index is 12.7. The zero-order chi connectivity index (χ0) is 21.1. The van der Waals surface area contributed by atoms with Crippen molar-refractivity contribution in [2.24, 2.45) is 0 Å². The second-order valence-corrected chi connectivity index (χ2v) is 7.21.